The lowest BCUT2D eigenvalue weighted by Crippen LogP contribution is -1.77. The van der Waals surface area contributed by atoms with Crippen molar-refractivity contribution in [2.75, 3.05) is 25.7 Å². The van der Waals surface area contributed by atoms with Gasteiger partial charge in [-0.2, -0.15) is 0 Å². The zero-order valence-corrected chi connectivity index (χ0v) is 6.49. The zero-order valence-electron chi connectivity index (χ0n) is 4.44. The molecule has 0 aromatic heterocycles. The van der Waals surface area contributed by atoms with Crippen molar-refractivity contribution in [1.82, 2.24) is 0 Å². The van der Waals surface area contributed by atoms with Crippen LogP contribution in [0.5, 0.6) is 0 Å². The standard InChI is InChI=1S/C4H12P2/c1-6(2)4-3-5/h3-5H2,1-2H3. The molecule has 6 heavy (non-hydrogen) atoms. The van der Waals surface area contributed by atoms with Gasteiger partial charge in [-0.3, -0.25) is 0 Å². The second-order valence-electron chi connectivity index (χ2n) is 1.59. The van der Waals surface area contributed by atoms with Crippen molar-refractivity contribution in [1.29, 1.82) is 0 Å². The first-order valence-electron chi connectivity index (χ1n) is 2.12. The van der Waals surface area contributed by atoms with Crippen LogP contribution >= 0.6 is 17.2 Å². The van der Waals surface area contributed by atoms with Crippen molar-refractivity contribution in [2.24, 2.45) is 0 Å². The smallest absolute Gasteiger partial charge is 0.0296 e. The second kappa shape index (κ2) is 4.03. The van der Waals surface area contributed by atoms with Crippen molar-refractivity contribution in [3.05, 3.63) is 0 Å². The fourth-order valence-electron chi connectivity index (χ4n) is 0.258. The largest absolute Gasteiger partial charge is 0.137 e. The predicted octanol–water partition coefficient (Wildman–Crippen LogP) is 1.60. The molecule has 2 heteroatoms. The number of rotatable bonds is 2. The highest BCUT2D eigenvalue weighted by Crippen LogP contribution is 2.23. The fourth-order valence-corrected chi connectivity index (χ4v) is 2.32. The van der Waals surface area contributed by atoms with Gasteiger partial charge >= 0.3 is 0 Å². The molecule has 1 atom stereocenters. The topological polar surface area (TPSA) is 0 Å². The first-order valence-corrected chi connectivity index (χ1v) is 5.36. The van der Waals surface area contributed by atoms with Gasteiger partial charge in [0.25, 0.3) is 0 Å². The molecule has 0 aromatic carbocycles. The Bertz CT molecular complexity index is 26.7. The van der Waals surface area contributed by atoms with Crippen LogP contribution in [0.3, 0.4) is 0 Å². The third-order valence-corrected chi connectivity index (χ3v) is 2.50. The van der Waals surface area contributed by atoms with E-state index in [1.54, 1.807) is 0 Å². The monoisotopic (exact) mass is 122 g/mol. The minimum Gasteiger partial charge on any atom is -0.137 e. The molecule has 0 heterocycles. The molecule has 0 N–H and O–H groups in total. The van der Waals surface area contributed by atoms with E-state index in [2.05, 4.69) is 22.6 Å². The maximum atomic E-state index is 2.74. The van der Waals surface area contributed by atoms with Gasteiger partial charge in [0.15, 0.2) is 0 Å². The van der Waals surface area contributed by atoms with Crippen LogP contribution in [0.4, 0.5) is 0 Å². The predicted molar refractivity (Wildman–Crippen MR) is 38.2 cm³/mol. The van der Waals surface area contributed by atoms with Crippen molar-refractivity contribution in [3.8, 4) is 0 Å². The van der Waals surface area contributed by atoms with E-state index in [0.29, 0.717) is 7.92 Å². The van der Waals surface area contributed by atoms with Crippen LogP contribution < -0.4 is 0 Å². The highest BCUT2D eigenvalue weighted by molar-refractivity contribution is 7.56. The van der Waals surface area contributed by atoms with Gasteiger partial charge in [-0.15, -0.1) is 17.2 Å². The summed E-state index contributed by atoms with van der Waals surface area (Å²) in [5.41, 5.74) is 0. The third kappa shape index (κ3) is 4.86. The molecular weight excluding hydrogens is 110 g/mol. The van der Waals surface area contributed by atoms with Crippen LogP contribution in [0.15, 0.2) is 0 Å². The lowest BCUT2D eigenvalue weighted by atomic mass is 11.0. The van der Waals surface area contributed by atoms with Gasteiger partial charge in [0, 0.05) is 0 Å². The van der Waals surface area contributed by atoms with Crippen LogP contribution in [-0.4, -0.2) is 25.7 Å². The molecule has 38 valence electrons. The summed E-state index contributed by atoms with van der Waals surface area (Å²) in [6.07, 6.45) is 2.68. The molecule has 0 saturated carbocycles. The fraction of sp³-hybridized carbons (Fsp3) is 1.00. The van der Waals surface area contributed by atoms with Crippen LogP contribution in [-0.2, 0) is 0 Å². The normalized spacial score (nSPS) is 10.0. The van der Waals surface area contributed by atoms with Gasteiger partial charge in [0.2, 0.25) is 0 Å². The van der Waals surface area contributed by atoms with Crippen molar-refractivity contribution in [2.45, 2.75) is 0 Å². The Morgan fingerprint density at radius 2 is 2.00 bits per heavy atom. The summed E-state index contributed by atoms with van der Waals surface area (Å²) in [7, 11) is 3.12. The van der Waals surface area contributed by atoms with Crippen LogP contribution in [0, 0.1) is 0 Å². The van der Waals surface area contributed by atoms with Crippen LogP contribution in [0.25, 0.3) is 0 Å². The average Bonchev–Trinajstić information content (AvgIpc) is 1.35. The lowest BCUT2D eigenvalue weighted by molar-refractivity contribution is 1.53. The van der Waals surface area contributed by atoms with E-state index < -0.39 is 0 Å². The molecule has 0 amide bonds. The van der Waals surface area contributed by atoms with E-state index >= 15 is 0 Å². The Morgan fingerprint density at radius 3 is 2.00 bits per heavy atom. The Morgan fingerprint density at radius 1 is 1.50 bits per heavy atom. The molecule has 0 aliphatic carbocycles. The van der Waals surface area contributed by atoms with E-state index in [4.69, 9.17) is 0 Å². The summed E-state index contributed by atoms with van der Waals surface area (Å²) in [5, 5.41) is 0. The molecule has 0 spiro atoms. The quantitative estimate of drug-likeness (QED) is 0.488. The Labute approximate surface area is 43.7 Å². The lowest BCUT2D eigenvalue weighted by Gasteiger charge is -1.97. The summed E-state index contributed by atoms with van der Waals surface area (Å²) in [6.45, 7) is 4.61. The molecule has 0 aromatic rings. The first kappa shape index (κ1) is 6.86. The van der Waals surface area contributed by atoms with Crippen LogP contribution in [0.2, 0.25) is 0 Å². The van der Waals surface area contributed by atoms with E-state index in [0.717, 1.165) is 0 Å². The Balaban J connectivity index is 2.63. The molecule has 0 fully saturated rings. The zero-order chi connectivity index (χ0) is 4.99. The molecule has 0 aliphatic rings. The first-order chi connectivity index (χ1) is 2.77. The third-order valence-electron chi connectivity index (χ3n) is 0.576. The summed E-state index contributed by atoms with van der Waals surface area (Å²) in [4.78, 5) is 0. The van der Waals surface area contributed by atoms with Gasteiger partial charge in [-0.25, -0.2) is 0 Å². The van der Waals surface area contributed by atoms with E-state index in [1.165, 1.54) is 12.3 Å². The van der Waals surface area contributed by atoms with Crippen molar-refractivity contribution >= 4 is 17.2 Å². The van der Waals surface area contributed by atoms with E-state index in [9.17, 15) is 0 Å². The Hall–Kier alpha value is 0.860. The molecule has 0 nitrogen and oxygen atoms in total. The summed E-state index contributed by atoms with van der Waals surface area (Å²) < 4.78 is 0. The maximum Gasteiger partial charge on any atom is -0.0296 e. The van der Waals surface area contributed by atoms with Crippen LogP contribution in [0.1, 0.15) is 0 Å². The minimum absolute atomic E-state index is 0.379. The van der Waals surface area contributed by atoms with E-state index in [1.807, 2.05) is 0 Å². The number of hydrogen-bond donors (Lipinski definition) is 0. The molecule has 0 radical (unpaired) electrons. The molecule has 0 saturated heterocycles. The highest BCUT2D eigenvalue weighted by Gasteiger charge is 1.84. The molecule has 0 rings (SSSR count). The average molecular weight is 122 g/mol. The van der Waals surface area contributed by atoms with Gasteiger partial charge in [0.1, 0.15) is 0 Å². The summed E-state index contributed by atoms with van der Waals surface area (Å²) >= 11 is 0. The maximum absolute atomic E-state index is 2.74. The molecule has 1 unspecified atom stereocenters. The highest BCUT2D eigenvalue weighted by atomic mass is 31.1. The van der Waals surface area contributed by atoms with Crippen molar-refractivity contribution < 1.29 is 0 Å². The molecular formula is C4H12P2. The second-order valence-corrected chi connectivity index (χ2v) is 4.78. The van der Waals surface area contributed by atoms with Gasteiger partial charge < -0.3 is 0 Å². The van der Waals surface area contributed by atoms with Gasteiger partial charge in [-0.1, -0.05) is 0 Å². The summed E-state index contributed by atoms with van der Waals surface area (Å²) in [5.74, 6) is 0. The van der Waals surface area contributed by atoms with Gasteiger partial charge in [-0.05, 0) is 25.7 Å². The number of hydrogen-bond acceptors (Lipinski definition) is 0. The molecule has 0 bridgehead atoms. The molecule has 0 aliphatic heterocycles. The van der Waals surface area contributed by atoms with Crippen molar-refractivity contribution in [3.63, 3.8) is 0 Å². The minimum atomic E-state index is 0.379. The SMILES string of the molecule is CP(C)CCP. The van der Waals surface area contributed by atoms with Gasteiger partial charge in [0.05, 0.1) is 0 Å². The Kier molecular flexibility index (Phi) is 4.61. The summed E-state index contributed by atoms with van der Waals surface area (Å²) in [6, 6.07) is 0. The van der Waals surface area contributed by atoms with E-state index in [-0.39, 0.29) is 0 Å².